The fraction of sp³-hybridized carbons (Fsp3) is 0.133. The van der Waals surface area contributed by atoms with Gasteiger partial charge in [-0.05, 0) is 12.1 Å². The highest BCUT2D eigenvalue weighted by Gasteiger charge is 2.23. The number of benzene rings is 1. The Morgan fingerprint density at radius 3 is 2.59 bits per heavy atom. The van der Waals surface area contributed by atoms with Crippen molar-refractivity contribution in [2.45, 2.75) is 4.34 Å². The lowest BCUT2D eigenvalue weighted by molar-refractivity contribution is 0.592. The van der Waals surface area contributed by atoms with Crippen molar-refractivity contribution in [3.63, 3.8) is 0 Å². The highest BCUT2D eigenvalue weighted by atomic mass is 35.5. The summed E-state index contributed by atoms with van der Waals surface area (Å²) in [5.74, 6) is -0.227. The molecule has 0 saturated carbocycles. The molecule has 2 heterocycles. The Bertz CT molecular complexity index is 1220. The van der Waals surface area contributed by atoms with Gasteiger partial charge < -0.3 is 16.4 Å². The molecule has 0 aliphatic rings. The minimum absolute atomic E-state index is 0.211. The molecule has 1 aromatic carbocycles. The molecule has 0 aliphatic carbocycles. The van der Waals surface area contributed by atoms with E-state index in [9.17, 15) is 8.42 Å². The van der Waals surface area contributed by atoms with Crippen LogP contribution in [0.3, 0.4) is 0 Å². The molecule has 0 saturated heterocycles. The summed E-state index contributed by atoms with van der Waals surface area (Å²) >= 11 is 6.82. The second kappa shape index (κ2) is 8.14. The quantitative estimate of drug-likeness (QED) is 0.320. The molecule has 0 unspecified atom stereocenters. The van der Waals surface area contributed by atoms with Crippen molar-refractivity contribution in [1.82, 2.24) is 19.5 Å². The van der Waals surface area contributed by atoms with E-state index in [0.717, 1.165) is 16.9 Å². The molecule has 0 aliphatic heterocycles. The van der Waals surface area contributed by atoms with E-state index in [1.54, 1.807) is 38.4 Å². The third kappa shape index (κ3) is 4.70. The van der Waals surface area contributed by atoms with Gasteiger partial charge in [0.05, 0.1) is 6.21 Å². The lowest BCUT2D eigenvalue weighted by atomic mass is 10.1. The van der Waals surface area contributed by atoms with E-state index in [-0.39, 0.29) is 10.3 Å². The number of aromatic nitrogens is 3. The summed E-state index contributed by atoms with van der Waals surface area (Å²) in [5, 5.41) is 12.1. The molecule has 29 heavy (non-hydrogen) atoms. The number of fused-ring (bicyclic) bond motifs is 1. The molecule has 0 atom stereocenters. The van der Waals surface area contributed by atoms with Gasteiger partial charge in [0.2, 0.25) is 10.9 Å². The number of sulfonamides is 1. The molecule has 3 rings (SSSR count). The van der Waals surface area contributed by atoms with Crippen LogP contribution in [0.4, 0.5) is 0 Å². The van der Waals surface area contributed by atoms with Crippen LogP contribution in [0.15, 0.2) is 43.2 Å². The van der Waals surface area contributed by atoms with Crippen molar-refractivity contribution >= 4 is 56.4 Å². The van der Waals surface area contributed by atoms with Crippen LogP contribution < -0.4 is 11.5 Å². The molecule has 0 spiro atoms. The maximum atomic E-state index is 12.4. The number of hydrogen-bond acceptors (Lipinski definition) is 7. The summed E-state index contributed by atoms with van der Waals surface area (Å²) in [6.45, 7) is 0. The summed E-state index contributed by atoms with van der Waals surface area (Å²) in [6, 6.07) is 6.96. The Hall–Kier alpha value is -3.03. The zero-order valence-electron chi connectivity index (χ0n) is 15.3. The topological polar surface area (TPSA) is 157 Å². The molecule has 0 bridgehead atoms. The van der Waals surface area contributed by atoms with Gasteiger partial charge in [-0.2, -0.15) is 13.5 Å². The Balaban J connectivity index is 2.15. The molecule has 0 amide bonds. The predicted molar refractivity (Wildman–Crippen MR) is 114 cm³/mol. The third-order valence-electron chi connectivity index (χ3n) is 3.33. The Morgan fingerprint density at radius 2 is 1.97 bits per heavy atom. The van der Waals surface area contributed by atoms with E-state index < -0.39 is 10.0 Å². The second-order valence-corrected chi connectivity index (χ2v) is 9.04. The van der Waals surface area contributed by atoms with E-state index in [1.807, 2.05) is 0 Å². The van der Waals surface area contributed by atoms with Crippen molar-refractivity contribution in [3.8, 4) is 11.3 Å². The fourth-order valence-corrected chi connectivity index (χ4v) is 4.27. The average Bonchev–Trinajstić information content (AvgIpc) is 3.20. The van der Waals surface area contributed by atoms with Gasteiger partial charge in [0.25, 0.3) is 4.34 Å². The SMILES string of the molecule is CN(C)/C=N/S(=O)(=O)c1nn2c(/C=N/N=C(N)N)c(-c3ccc(Cl)cc3)nc2s1. The smallest absolute Gasteiger partial charge is 0.312 e. The van der Waals surface area contributed by atoms with Crippen molar-refractivity contribution in [1.29, 1.82) is 0 Å². The monoisotopic (exact) mass is 453 g/mol. The second-order valence-electron chi connectivity index (χ2n) is 5.84. The number of nitrogens with zero attached hydrogens (tertiary/aromatic N) is 7. The molecule has 2 aromatic heterocycles. The van der Waals surface area contributed by atoms with Gasteiger partial charge in [0, 0.05) is 24.7 Å². The molecule has 14 heteroatoms. The van der Waals surface area contributed by atoms with Crippen LogP contribution in [0, 0.1) is 0 Å². The number of hydrogen-bond donors (Lipinski definition) is 2. The largest absolute Gasteiger partial charge is 0.369 e. The maximum absolute atomic E-state index is 12.4. The zero-order chi connectivity index (χ0) is 21.2. The molecule has 0 radical (unpaired) electrons. The first-order valence-electron chi connectivity index (χ1n) is 7.92. The molecule has 152 valence electrons. The Morgan fingerprint density at radius 1 is 1.28 bits per heavy atom. The van der Waals surface area contributed by atoms with E-state index >= 15 is 0 Å². The standard InChI is InChI=1S/C15H16ClN9O2S2/c1-24(2)8-20-29(26,27)15-23-25-11(7-19-22-13(17)18)12(21-14(25)28-15)9-3-5-10(16)6-4-9/h3-8H,1-2H3,(H4,17,18,22)/b19-7+,20-8+. The van der Waals surface area contributed by atoms with Gasteiger partial charge in [0.1, 0.15) is 17.7 Å². The molecular formula is C15H16ClN9O2S2. The molecule has 0 fully saturated rings. The first kappa shape index (κ1) is 20.7. The van der Waals surface area contributed by atoms with E-state index in [0.29, 0.717) is 21.4 Å². The van der Waals surface area contributed by atoms with Crippen molar-refractivity contribution in [3.05, 3.63) is 35.0 Å². The van der Waals surface area contributed by atoms with E-state index in [2.05, 4.69) is 24.7 Å². The minimum Gasteiger partial charge on any atom is -0.369 e. The maximum Gasteiger partial charge on any atom is 0.312 e. The highest BCUT2D eigenvalue weighted by Crippen LogP contribution is 2.29. The Kier molecular flexibility index (Phi) is 5.81. The van der Waals surface area contributed by atoms with Crippen LogP contribution in [0.5, 0.6) is 0 Å². The normalized spacial score (nSPS) is 12.2. The lowest BCUT2D eigenvalue weighted by Crippen LogP contribution is -2.21. The lowest BCUT2D eigenvalue weighted by Gasteiger charge is -2.01. The van der Waals surface area contributed by atoms with Crippen LogP contribution >= 0.6 is 22.9 Å². The number of guanidine groups is 1. The van der Waals surface area contributed by atoms with Gasteiger partial charge >= 0.3 is 10.0 Å². The summed E-state index contributed by atoms with van der Waals surface area (Å²) in [7, 11) is -0.662. The third-order valence-corrected chi connectivity index (χ3v) is 6.06. The zero-order valence-corrected chi connectivity index (χ0v) is 17.6. The number of nitrogens with two attached hydrogens (primary N) is 2. The molecule has 3 aromatic rings. The average molecular weight is 454 g/mol. The van der Waals surface area contributed by atoms with Gasteiger partial charge in [-0.1, -0.05) is 35.1 Å². The van der Waals surface area contributed by atoms with Gasteiger partial charge in [0.15, 0.2) is 0 Å². The summed E-state index contributed by atoms with van der Waals surface area (Å²) in [6.07, 6.45) is 2.52. The highest BCUT2D eigenvalue weighted by molar-refractivity contribution is 7.92. The number of rotatable bonds is 6. The van der Waals surface area contributed by atoms with Crippen LogP contribution in [0.2, 0.25) is 5.02 Å². The van der Waals surface area contributed by atoms with E-state index in [4.69, 9.17) is 23.1 Å². The van der Waals surface area contributed by atoms with Gasteiger partial charge in [-0.3, -0.25) is 0 Å². The first-order chi connectivity index (χ1) is 13.7. The summed E-state index contributed by atoms with van der Waals surface area (Å²) in [4.78, 5) is 6.32. The fourth-order valence-electron chi connectivity index (χ4n) is 2.14. The number of halogens is 1. The van der Waals surface area contributed by atoms with Crippen LogP contribution in [-0.2, 0) is 10.0 Å². The van der Waals surface area contributed by atoms with Crippen LogP contribution in [-0.4, -0.2) is 60.5 Å². The molecular weight excluding hydrogens is 438 g/mol. The molecule has 4 N–H and O–H groups in total. The van der Waals surface area contributed by atoms with Crippen LogP contribution in [0.25, 0.3) is 16.2 Å². The van der Waals surface area contributed by atoms with Crippen molar-refractivity contribution in [2.24, 2.45) is 26.1 Å². The molecule has 11 nitrogen and oxygen atoms in total. The number of imidazole rings is 1. The van der Waals surface area contributed by atoms with Gasteiger partial charge in [-0.25, -0.2) is 9.50 Å². The first-order valence-corrected chi connectivity index (χ1v) is 10.5. The van der Waals surface area contributed by atoms with Gasteiger partial charge in [-0.15, -0.1) is 14.6 Å². The summed E-state index contributed by atoms with van der Waals surface area (Å²) < 4.78 is 29.5. The van der Waals surface area contributed by atoms with Crippen molar-refractivity contribution in [2.75, 3.05) is 14.1 Å². The van der Waals surface area contributed by atoms with Crippen molar-refractivity contribution < 1.29 is 8.42 Å². The summed E-state index contributed by atoms with van der Waals surface area (Å²) in [5.41, 5.74) is 12.2. The predicted octanol–water partition coefficient (Wildman–Crippen LogP) is 0.997. The van der Waals surface area contributed by atoms with E-state index in [1.165, 1.54) is 22.0 Å². The van der Waals surface area contributed by atoms with Crippen LogP contribution in [0.1, 0.15) is 5.69 Å². The minimum atomic E-state index is -3.98. The Labute approximate surface area is 175 Å².